The van der Waals surface area contributed by atoms with Gasteiger partial charge in [0.15, 0.2) is 0 Å². The highest BCUT2D eigenvalue weighted by molar-refractivity contribution is 7.89. The van der Waals surface area contributed by atoms with Crippen LogP contribution in [0.2, 0.25) is 5.02 Å². The van der Waals surface area contributed by atoms with E-state index in [2.05, 4.69) is 9.71 Å². The fourth-order valence-corrected chi connectivity index (χ4v) is 3.26. The minimum Gasteiger partial charge on any atom is -0.260 e. The number of rotatable bonds is 4. The van der Waals surface area contributed by atoms with Crippen molar-refractivity contribution in [2.75, 3.05) is 0 Å². The van der Waals surface area contributed by atoms with Crippen LogP contribution >= 0.6 is 11.6 Å². The first kappa shape index (κ1) is 15.4. The third-order valence-corrected chi connectivity index (χ3v) is 4.78. The van der Waals surface area contributed by atoms with Crippen molar-refractivity contribution >= 4 is 21.6 Å². The first-order valence-electron chi connectivity index (χ1n) is 6.04. The second-order valence-corrected chi connectivity index (χ2v) is 6.49. The van der Waals surface area contributed by atoms with Crippen LogP contribution in [-0.2, 0) is 16.6 Å². The van der Waals surface area contributed by atoms with Gasteiger partial charge in [0, 0.05) is 6.20 Å². The normalized spacial score (nSPS) is 11.1. The molecule has 0 spiro atoms. The number of halogens is 1. The van der Waals surface area contributed by atoms with Gasteiger partial charge in [-0.3, -0.25) is 4.98 Å². The van der Waals surface area contributed by atoms with Crippen LogP contribution in [0.15, 0.2) is 41.4 Å². The van der Waals surface area contributed by atoms with Crippen LogP contribution in [-0.4, -0.2) is 13.4 Å². The van der Waals surface area contributed by atoms with E-state index in [-0.39, 0.29) is 16.5 Å². The van der Waals surface area contributed by atoms with Crippen LogP contribution in [0.3, 0.4) is 0 Å². The fraction of sp³-hybridized carbons (Fsp3) is 0.143. The van der Waals surface area contributed by atoms with Crippen LogP contribution in [0, 0.1) is 18.3 Å². The summed E-state index contributed by atoms with van der Waals surface area (Å²) in [5.74, 6) is 0. The van der Waals surface area contributed by atoms with Gasteiger partial charge >= 0.3 is 0 Å². The Balaban J connectivity index is 2.24. The summed E-state index contributed by atoms with van der Waals surface area (Å²) in [6.07, 6.45) is 1.60. The molecule has 1 N–H and O–H groups in total. The first-order valence-corrected chi connectivity index (χ1v) is 7.90. The lowest BCUT2D eigenvalue weighted by Gasteiger charge is -2.09. The molecule has 108 valence electrons. The summed E-state index contributed by atoms with van der Waals surface area (Å²) in [4.78, 5) is 4.06. The van der Waals surface area contributed by atoms with E-state index in [0.717, 1.165) is 5.56 Å². The van der Waals surface area contributed by atoms with Gasteiger partial charge in [-0.15, -0.1) is 0 Å². The van der Waals surface area contributed by atoms with Gasteiger partial charge < -0.3 is 0 Å². The monoisotopic (exact) mass is 321 g/mol. The van der Waals surface area contributed by atoms with Crippen molar-refractivity contribution < 1.29 is 8.42 Å². The van der Waals surface area contributed by atoms with Crippen LogP contribution < -0.4 is 4.72 Å². The van der Waals surface area contributed by atoms with Gasteiger partial charge in [-0.25, -0.2) is 13.1 Å². The maximum Gasteiger partial charge on any atom is 0.242 e. The molecule has 0 aliphatic rings. The number of hydrogen-bond acceptors (Lipinski definition) is 4. The number of sulfonamides is 1. The molecule has 1 heterocycles. The van der Waals surface area contributed by atoms with Crippen molar-refractivity contribution in [2.24, 2.45) is 0 Å². The number of pyridine rings is 1. The molecule has 0 saturated heterocycles. The van der Waals surface area contributed by atoms with Gasteiger partial charge in [0.05, 0.1) is 28.9 Å². The molecule has 5 nitrogen and oxygen atoms in total. The molecule has 0 aliphatic heterocycles. The van der Waals surface area contributed by atoms with Gasteiger partial charge in [-0.05, 0) is 36.8 Å². The van der Waals surface area contributed by atoms with Crippen molar-refractivity contribution in [1.29, 1.82) is 5.26 Å². The Morgan fingerprint density at radius 1 is 1.38 bits per heavy atom. The van der Waals surface area contributed by atoms with Gasteiger partial charge in [0.2, 0.25) is 10.0 Å². The number of aryl methyl sites for hydroxylation is 1. The molecule has 0 fully saturated rings. The fourth-order valence-electron chi connectivity index (χ4n) is 1.73. The minimum absolute atomic E-state index is 0.0132. The zero-order chi connectivity index (χ0) is 15.5. The Morgan fingerprint density at radius 3 is 2.76 bits per heavy atom. The highest BCUT2D eigenvalue weighted by atomic mass is 35.5. The van der Waals surface area contributed by atoms with Crippen molar-refractivity contribution in [3.05, 3.63) is 58.4 Å². The van der Waals surface area contributed by atoms with E-state index in [0.29, 0.717) is 11.3 Å². The molecule has 0 aliphatic carbocycles. The van der Waals surface area contributed by atoms with Gasteiger partial charge in [0.25, 0.3) is 0 Å². The molecular weight excluding hydrogens is 310 g/mol. The highest BCUT2D eigenvalue weighted by Crippen LogP contribution is 2.22. The molecule has 1 aromatic heterocycles. The van der Waals surface area contributed by atoms with E-state index in [4.69, 9.17) is 16.9 Å². The lowest BCUT2D eigenvalue weighted by molar-refractivity contribution is 0.580. The number of benzene rings is 1. The number of nitrogens with zero attached hydrogens (tertiary/aromatic N) is 2. The second-order valence-electron chi connectivity index (χ2n) is 4.35. The molecule has 21 heavy (non-hydrogen) atoms. The largest absolute Gasteiger partial charge is 0.260 e. The molecule has 0 saturated carbocycles. The predicted molar refractivity (Wildman–Crippen MR) is 79.2 cm³/mol. The summed E-state index contributed by atoms with van der Waals surface area (Å²) in [5, 5.41) is 8.77. The van der Waals surface area contributed by atoms with E-state index in [1.807, 2.05) is 19.1 Å². The maximum atomic E-state index is 12.2. The molecule has 0 amide bonds. The Labute approximate surface area is 128 Å². The molecule has 0 atom stereocenters. The third kappa shape index (κ3) is 3.58. The molecule has 0 radical (unpaired) electrons. The maximum absolute atomic E-state index is 12.2. The van der Waals surface area contributed by atoms with Crippen molar-refractivity contribution in [3.8, 4) is 6.07 Å². The van der Waals surface area contributed by atoms with Crippen LogP contribution in [0.5, 0.6) is 0 Å². The molecule has 0 unspecified atom stereocenters. The Morgan fingerprint density at radius 2 is 2.14 bits per heavy atom. The average Bonchev–Trinajstić information content (AvgIpc) is 2.46. The molecular formula is C14H12ClN3O2S. The van der Waals surface area contributed by atoms with Crippen LogP contribution in [0.25, 0.3) is 0 Å². The van der Waals surface area contributed by atoms with Gasteiger partial charge in [-0.2, -0.15) is 5.26 Å². The second kappa shape index (κ2) is 6.22. The number of hydrogen-bond donors (Lipinski definition) is 1. The summed E-state index contributed by atoms with van der Waals surface area (Å²) >= 11 is 5.92. The minimum atomic E-state index is -3.76. The lowest BCUT2D eigenvalue weighted by Crippen LogP contribution is -2.24. The topological polar surface area (TPSA) is 82.8 Å². The van der Waals surface area contributed by atoms with Crippen molar-refractivity contribution in [3.63, 3.8) is 0 Å². The first-order chi connectivity index (χ1) is 9.94. The summed E-state index contributed by atoms with van der Waals surface area (Å²) in [6, 6.07) is 9.58. The van der Waals surface area contributed by atoms with E-state index in [1.165, 1.54) is 18.2 Å². The van der Waals surface area contributed by atoms with E-state index < -0.39 is 10.0 Å². The predicted octanol–water partition coefficient (Wildman–Crippen LogP) is 2.39. The van der Waals surface area contributed by atoms with Gasteiger partial charge in [-0.1, -0.05) is 17.7 Å². The molecule has 2 aromatic rings. The number of nitriles is 1. The third-order valence-electron chi connectivity index (χ3n) is 2.90. The van der Waals surface area contributed by atoms with Gasteiger partial charge in [0.1, 0.15) is 4.90 Å². The molecule has 1 aromatic carbocycles. The van der Waals surface area contributed by atoms with Crippen molar-refractivity contribution in [1.82, 2.24) is 9.71 Å². The Bertz CT molecular complexity index is 813. The standard InChI is InChI=1S/C14H12ClN3O2S/c1-10-3-2-6-17-13(10)9-18-21(19,20)14-5-4-11(8-16)7-12(14)15/h2-7,18H,9H2,1H3. The van der Waals surface area contributed by atoms with E-state index >= 15 is 0 Å². The number of aromatic nitrogens is 1. The van der Waals surface area contributed by atoms with Crippen LogP contribution in [0.4, 0.5) is 0 Å². The molecule has 0 bridgehead atoms. The summed E-state index contributed by atoms with van der Waals surface area (Å²) in [6.45, 7) is 1.93. The summed E-state index contributed by atoms with van der Waals surface area (Å²) < 4.78 is 26.9. The lowest BCUT2D eigenvalue weighted by atomic mass is 10.2. The summed E-state index contributed by atoms with van der Waals surface area (Å²) in [7, 11) is -3.76. The molecule has 2 rings (SSSR count). The zero-order valence-electron chi connectivity index (χ0n) is 11.2. The van der Waals surface area contributed by atoms with E-state index in [1.54, 1.807) is 12.3 Å². The highest BCUT2D eigenvalue weighted by Gasteiger charge is 2.18. The zero-order valence-corrected chi connectivity index (χ0v) is 12.7. The number of nitrogens with one attached hydrogen (secondary N) is 1. The average molecular weight is 322 g/mol. The van der Waals surface area contributed by atoms with Crippen molar-refractivity contribution in [2.45, 2.75) is 18.4 Å². The quantitative estimate of drug-likeness (QED) is 0.937. The Hall–Kier alpha value is -1.94. The van der Waals surface area contributed by atoms with E-state index in [9.17, 15) is 8.42 Å². The van der Waals surface area contributed by atoms with Crippen LogP contribution in [0.1, 0.15) is 16.8 Å². The summed E-state index contributed by atoms with van der Waals surface area (Å²) in [5.41, 5.74) is 1.84. The molecule has 7 heteroatoms. The SMILES string of the molecule is Cc1cccnc1CNS(=O)(=O)c1ccc(C#N)cc1Cl. The Kier molecular flexibility index (Phi) is 4.58. The smallest absolute Gasteiger partial charge is 0.242 e.